The Labute approximate surface area is 137 Å². The molecule has 0 bridgehead atoms. The van der Waals surface area contributed by atoms with Crippen LogP contribution in [-0.4, -0.2) is 37.1 Å². The molecule has 1 aliphatic carbocycles. The predicted molar refractivity (Wildman–Crippen MR) is 86.1 cm³/mol. The van der Waals surface area contributed by atoms with Gasteiger partial charge in [0, 0.05) is 13.2 Å². The Hall–Kier alpha value is -1.82. The first-order chi connectivity index (χ1) is 11.2. The summed E-state index contributed by atoms with van der Waals surface area (Å²) < 4.78 is 10.7. The third-order valence-corrected chi connectivity index (χ3v) is 4.05. The molecule has 6 nitrogen and oxygen atoms in total. The van der Waals surface area contributed by atoms with Crippen molar-refractivity contribution in [1.29, 1.82) is 0 Å². The van der Waals surface area contributed by atoms with E-state index >= 15 is 0 Å². The van der Waals surface area contributed by atoms with Crippen LogP contribution in [0.15, 0.2) is 23.0 Å². The minimum absolute atomic E-state index is 0.195. The van der Waals surface area contributed by atoms with Crippen molar-refractivity contribution in [2.75, 3.05) is 13.2 Å². The molecule has 0 aliphatic heterocycles. The van der Waals surface area contributed by atoms with Crippen molar-refractivity contribution in [2.24, 2.45) is 0 Å². The first kappa shape index (κ1) is 17.5. The van der Waals surface area contributed by atoms with E-state index in [0.29, 0.717) is 24.8 Å². The van der Waals surface area contributed by atoms with Gasteiger partial charge in [-0.15, -0.1) is 0 Å². The van der Waals surface area contributed by atoms with Crippen molar-refractivity contribution in [3.63, 3.8) is 0 Å². The summed E-state index contributed by atoms with van der Waals surface area (Å²) >= 11 is 0. The molecule has 0 saturated heterocycles. The minimum atomic E-state index is -0.586. The fourth-order valence-corrected chi connectivity index (χ4v) is 2.66. The zero-order valence-corrected chi connectivity index (χ0v) is 13.7. The standard InChI is InChI=1S/C17H26N2O4/c1-13(19-17(21)14-8-11-22-12-14)16(20)18-9-5-10-23-15-6-3-2-4-7-15/h8,11-13,15H,2-7,9-10H2,1H3,(H,18,20)(H,19,21). The summed E-state index contributed by atoms with van der Waals surface area (Å²) in [6, 6.07) is 0.972. The lowest BCUT2D eigenvalue weighted by Crippen LogP contribution is -2.45. The molecule has 1 aliphatic rings. The van der Waals surface area contributed by atoms with Gasteiger partial charge in [-0.3, -0.25) is 9.59 Å². The molecular weight excluding hydrogens is 296 g/mol. The van der Waals surface area contributed by atoms with Crippen LogP contribution in [-0.2, 0) is 9.53 Å². The molecular formula is C17H26N2O4. The third-order valence-electron chi connectivity index (χ3n) is 4.05. The van der Waals surface area contributed by atoms with E-state index in [2.05, 4.69) is 10.6 Å². The van der Waals surface area contributed by atoms with E-state index < -0.39 is 6.04 Å². The number of rotatable bonds is 8. The highest BCUT2D eigenvalue weighted by Crippen LogP contribution is 2.20. The summed E-state index contributed by atoms with van der Waals surface area (Å²) in [5, 5.41) is 5.45. The second-order valence-electron chi connectivity index (χ2n) is 5.98. The molecule has 1 heterocycles. The van der Waals surface area contributed by atoms with Crippen LogP contribution in [0, 0.1) is 0 Å². The van der Waals surface area contributed by atoms with Gasteiger partial charge in [0.2, 0.25) is 5.91 Å². The molecule has 1 unspecified atom stereocenters. The highest BCUT2D eigenvalue weighted by atomic mass is 16.5. The first-order valence-electron chi connectivity index (χ1n) is 8.39. The molecule has 0 aromatic carbocycles. The second-order valence-corrected chi connectivity index (χ2v) is 5.98. The van der Waals surface area contributed by atoms with Gasteiger partial charge >= 0.3 is 0 Å². The number of amides is 2. The highest BCUT2D eigenvalue weighted by Gasteiger charge is 2.17. The fourth-order valence-electron chi connectivity index (χ4n) is 2.66. The van der Waals surface area contributed by atoms with E-state index in [9.17, 15) is 9.59 Å². The lowest BCUT2D eigenvalue weighted by Gasteiger charge is -2.22. The van der Waals surface area contributed by atoms with Gasteiger partial charge in [0.25, 0.3) is 5.91 Å². The van der Waals surface area contributed by atoms with Crippen LogP contribution < -0.4 is 10.6 Å². The monoisotopic (exact) mass is 322 g/mol. The number of furan rings is 1. The summed E-state index contributed by atoms with van der Waals surface area (Å²) in [7, 11) is 0. The number of hydrogen-bond acceptors (Lipinski definition) is 4. The smallest absolute Gasteiger partial charge is 0.255 e. The van der Waals surface area contributed by atoms with Crippen LogP contribution in [0.25, 0.3) is 0 Å². The quantitative estimate of drug-likeness (QED) is 0.719. The molecule has 2 amide bonds. The van der Waals surface area contributed by atoms with Crippen LogP contribution in [0.3, 0.4) is 0 Å². The largest absolute Gasteiger partial charge is 0.472 e. The van der Waals surface area contributed by atoms with Gasteiger partial charge in [-0.2, -0.15) is 0 Å². The SMILES string of the molecule is CC(NC(=O)c1ccoc1)C(=O)NCCCOC1CCCCC1. The summed E-state index contributed by atoms with van der Waals surface area (Å²) in [6.07, 6.45) is 10.1. The van der Waals surface area contributed by atoms with Crippen LogP contribution in [0.4, 0.5) is 0 Å². The highest BCUT2D eigenvalue weighted by molar-refractivity contribution is 5.97. The summed E-state index contributed by atoms with van der Waals surface area (Å²) in [4.78, 5) is 23.7. The number of ether oxygens (including phenoxy) is 1. The molecule has 23 heavy (non-hydrogen) atoms. The summed E-state index contributed by atoms with van der Waals surface area (Å²) in [5.74, 6) is -0.512. The van der Waals surface area contributed by atoms with Crippen LogP contribution in [0.2, 0.25) is 0 Å². The number of carbonyl (C=O) groups is 2. The minimum Gasteiger partial charge on any atom is -0.472 e. The van der Waals surface area contributed by atoms with Gasteiger partial charge in [-0.05, 0) is 32.3 Å². The Balaban J connectivity index is 1.56. The van der Waals surface area contributed by atoms with E-state index in [1.54, 1.807) is 13.0 Å². The molecule has 1 saturated carbocycles. The molecule has 0 spiro atoms. The van der Waals surface area contributed by atoms with Crippen molar-refractivity contribution in [2.45, 2.75) is 57.6 Å². The number of nitrogens with one attached hydrogen (secondary N) is 2. The average Bonchev–Trinajstić information content (AvgIpc) is 3.10. The van der Waals surface area contributed by atoms with Crippen molar-refractivity contribution >= 4 is 11.8 Å². The molecule has 1 aromatic heterocycles. The van der Waals surface area contributed by atoms with Gasteiger partial charge in [-0.25, -0.2) is 0 Å². The van der Waals surface area contributed by atoms with Crippen molar-refractivity contribution < 1.29 is 18.7 Å². The van der Waals surface area contributed by atoms with E-state index in [0.717, 1.165) is 19.3 Å². The topological polar surface area (TPSA) is 80.6 Å². The molecule has 1 fully saturated rings. The zero-order valence-electron chi connectivity index (χ0n) is 13.7. The maximum Gasteiger partial charge on any atom is 0.255 e. The average molecular weight is 322 g/mol. The van der Waals surface area contributed by atoms with Gasteiger partial charge in [0.1, 0.15) is 12.3 Å². The Morgan fingerprint density at radius 2 is 2.13 bits per heavy atom. The van der Waals surface area contributed by atoms with Gasteiger partial charge in [-0.1, -0.05) is 19.3 Å². The number of carbonyl (C=O) groups excluding carboxylic acids is 2. The Kier molecular flexibility index (Phi) is 7.13. The van der Waals surface area contributed by atoms with Gasteiger partial charge < -0.3 is 19.8 Å². The van der Waals surface area contributed by atoms with E-state index in [4.69, 9.17) is 9.15 Å². The Morgan fingerprint density at radius 1 is 1.35 bits per heavy atom. The van der Waals surface area contributed by atoms with Crippen molar-refractivity contribution in [3.8, 4) is 0 Å². The fraction of sp³-hybridized carbons (Fsp3) is 0.647. The van der Waals surface area contributed by atoms with Crippen molar-refractivity contribution in [1.82, 2.24) is 10.6 Å². The molecule has 2 N–H and O–H groups in total. The van der Waals surface area contributed by atoms with E-state index in [1.807, 2.05) is 0 Å². The first-order valence-corrected chi connectivity index (χ1v) is 8.39. The molecule has 2 rings (SSSR count). The van der Waals surface area contributed by atoms with Crippen LogP contribution in [0.1, 0.15) is 55.8 Å². The second kappa shape index (κ2) is 9.35. The maximum atomic E-state index is 11.9. The maximum absolute atomic E-state index is 11.9. The lowest BCUT2D eigenvalue weighted by atomic mass is 9.98. The molecule has 128 valence electrons. The molecule has 1 atom stereocenters. The van der Waals surface area contributed by atoms with Gasteiger partial charge in [0.15, 0.2) is 0 Å². The normalized spacial score (nSPS) is 16.7. The summed E-state index contributed by atoms with van der Waals surface area (Å²) in [5.41, 5.74) is 0.408. The van der Waals surface area contributed by atoms with E-state index in [-0.39, 0.29) is 11.8 Å². The lowest BCUT2D eigenvalue weighted by molar-refractivity contribution is -0.122. The van der Waals surface area contributed by atoms with E-state index in [1.165, 1.54) is 31.8 Å². The Bertz CT molecular complexity index is 481. The molecule has 6 heteroatoms. The summed E-state index contributed by atoms with van der Waals surface area (Å²) in [6.45, 7) is 2.88. The van der Waals surface area contributed by atoms with Gasteiger partial charge in [0.05, 0.1) is 17.9 Å². The molecule has 0 radical (unpaired) electrons. The van der Waals surface area contributed by atoms with Crippen molar-refractivity contribution in [3.05, 3.63) is 24.2 Å². The predicted octanol–water partition coefficient (Wildman–Crippen LogP) is 2.25. The van der Waals surface area contributed by atoms with Crippen LogP contribution >= 0.6 is 0 Å². The number of hydrogen-bond donors (Lipinski definition) is 2. The Morgan fingerprint density at radius 3 is 2.83 bits per heavy atom. The third kappa shape index (κ3) is 6.06. The molecule has 1 aromatic rings. The zero-order chi connectivity index (χ0) is 16.5. The van der Waals surface area contributed by atoms with Crippen LogP contribution in [0.5, 0.6) is 0 Å².